The van der Waals surface area contributed by atoms with Gasteiger partial charge in [-0.15, -0.1) is 0 Å². The first-order chi connectivity index (χ1) is 12.8. The molecule has 1 saturated heterocycles. The van der Waals surface area contributed by atoms with Gasteiger partial charge in [0, 0.05) is 32.4 Å². The summed E-state index contributed by atoms with van der Waals surface area (Å²) in [4.78, 5) is 6.10. The Labute approximate surface area is 161 Å². The molecule has 146 valence electrons. The zero-order chi connectivity index (χ0) is 19.4. The number of hydrogen-bond acceptors (Lipinski definition) is 4. The molecule has 0 saturated carbocycles. The van der Waals surface area contributed by atoms with Crippen LogP contribution in [0.2, 0.25) is 5.02 Å². The number of rotatable bonds is 5. The van der Waals surface area contributed by atoms with Crippen LogP contribution in [0.3, 0.4) is 0 Å². The van der Waals surface area contributed by atoms with Crippen molar-refractivity contribution >= 4 is 17.4 Å². The molecule has 27 heavy (non-hydrogen) atoms. The van der Waals surface area contributed by atoms with Crippen LogP contribution in [-0.4, -0.2) is 34.2 Å². The number of aliphatic hydroxyl groups excluding tert-OH is 1. The first kappa shape index (κ1) is 19.9. The van der Waals surface area contributed by atoms with Crippen LogP contribution in [-0.2, 0) is 19.3 Å². The van der Waals surface area contributed by atoms with Gasteiger partial charge in [0.05, 0.1) is 16.7 Å². The van der Waals surface area contributed by atoms with Gasteiger partial charge in [-0.3, -0.25) is 4.90 Å². The first-order valence-electron chi connectivity index (χ1n) is 8.77. The third-order valence-corrected chi connectivity index (χ3v) is 4.97. The molecule has 0 bridgehead atoms. The molecule has 0 spiro atoms. The molecule has 1 aromatic heterocycles. The molecule has 0 aliphatic carbocycles. The third-order valence-electron chi connectivity index (χ3n) is 4.68. The van der Waals surface area contributed by atoms with Crippen molar-refractivity contribution in [1.29, 1.82) is 0 Å². The van der Waals surface area contributed by atoms with Crippen molar-refractivity contribution in [1.82, 2.24) is 9.88 Å². The summed E-state index contributed by atoms with van der Waals surface area (Å²) in [6.07, 6.45) is -2.37. The lowest BCUT2D eigenvalue weighted by molar-refractivity contribution is -0.137. The Hall–Kier alpha value is -1.83. The van der Waals surface area contributed by atoms with E-state index in [9.17, 15) is 18.3 Å². The molecule has 0 amide bonds. The van der Waals surface area contributed by atoms with Gasteiger partial charge in [0.1, 0.15) is 5.82 Å². The molecular weight excluding hydrogens is 379 g/mol. The highest BCUT2D eigenvalue weighted by Gasteiger charge is 2.31. The lowest BCUT2D eigenvalue weighted by Crippen LogP contribution is -2.35. The number of anilines is 1. The van der Waals surface area contributed by atoms with Crippen LogP contribution in [0.25, 0.3) is 0 Å². The Bertz CT molecular complexity index is 777. The van der Waals surface area contributed by atoms with Gasteiger partial charge in [-0.2, -0.15) is 13.2 Å². The molecule has 1 aromatic carbocycles. The number of benzene rings is 1. The van der Waals surface area contributed by atoms with Crippen molar-refractivity contribution in [2.75, 3.05) is 18.4 Å². The predicted molar refractivity (Wildman–Crippen MR) is 98.5 cm³/mol. The summed E-state index contributed by atoms with van der Waals surface area (Å²) in [5.41, 5.74) is 1.29. The Morgan fingerprint density at radius 2 is 1.85 bits per heavy atom. The van der Waals surface area contributed by atoms with E-state index in [-0.39, 0.29) is 16.9 Å². The number of halogens is 4. The van der Waals surface area contributed by atoms with Crippen LogP contribution in [0, 0.1) is 0 Å². The van der Waals surface area contributed by atoms with E-state index in [2.05, 4.69) is 15.2 Å². The largest absolute Gasteiger partial charge is 0.417 e. The normalized spacial score (nSPS) is 16.5. The molecule has 0 radical (unpaired) electrons. The predicted octanol–water partition coefficient (Wildman–Crippen LogP) is 4.32. The number of pyridine rings is 1. The molecule has 0 atom stereocenters. The fourth-order valence-corrected chi connectivity index (χ4v) is 3.34. The monoisotopic (exact) mass is 399 g/mol. The lowest BCUT2D eigenvalue weighted by atomic mass is 10.0. The maximum atomic E-state index is 12.7. The van der Waals surface area contributed by atoms with E-state index >= 15 is 0 Å². The van der Waals surface area contributed by atoms with Crippen LogP contribution in [0.4, 0.5) is 19.0 Å². The number of aliphatic hydroxyl groups is 1. The van der Waals surface area contributed by atoms with Gasteiger partial charge in [-0.25, -0.2) is 4.98 Å². The first-order valence-corrected chi connectivity index (χ1v) is 9.14. The van der Waals surface area contributed by atoms with Gasteiger partial charge < -0.3 is 10.4 Å². The molecule has 2 heterocycles. The molecule has 0 unspecified atom stereocenters. The molecule has 2 N–H and O–H groups in total. The number of alkyl halides is 3. The van der Waals surface area contributed by atoms with E-state index in [1.807, 2.05) is 24.3 Å². The van der Waals surface area contributed by atoms with E-state index < -0.39 is 11.7 Å². The third kappa shape index (κ3) is 5.34. The number of nitrogens with zero attached hydrogens (tertiary/aromatic N) is 2. The maximum Gasteiger partial charge on any atom is 0.417 e. The Kier molecular flexibility index (Phi) is 6.24. The molecule has 4 nitrogen and oxygen atoms in total. The minimum absolute atomic E-state index is 0.0627. The van der Waals surface area contributed by atoms with Gasteiger partial charge in [0.25, 0.3) is 0 Å². The van der Waals surface area contributed by atoms with E-state index in [0.29, 0.717) is 6.54 Å². The summed E-state index contributed by atoms with van der Waals surface area (Å²) >= 11 is 5.95. The second kappa shape index (κ2) is 8.46. The summed E-state index contributed by atoms with van der Waals surface area (Å²) < 4.78 is 38.1. The molecule has 3 rings (SSSR count). The summed E-state index contributed by atoms with van der Waals surface area (Å²) in [6, 6.07) is 8.76. The zero-order valence-corrected chi connectivity index (χ0v) is 15.4. The topological polar surface area (TPSA) is 48.4 Å². The molecule has 1 aliphatic heterocycles. The van der Waals surface area contributed by atoms with Crippen LogP contribution in [0.15, 0.2) is 36.5 Å². The molecular formula is C19H21ClF3N3O. The highest BCUT2D eigenvalue weighted by atomic mass is 35.5. The molecule has 2 aromatic rings. The average molecular weight is 400 g/mol. The van der Waals surface area contributed by atoms with Gasteiger partial charge in [-0.05, 0) is 30.0 Å². The average Bonchev–Trinajstić information content (AvgIpc) is 2.63. The fraction of sp³-hybridized carbons (Fsp3) is 0.421. The van der Waals surface area contributed by atoms with Gasteiger partial charge in [-0.1, -0.05) is 35.9 Å². The highest BCUT2D eigenvalue weighted by molar-refractivity contribution is 6.32. The van der Waals surface area contributed by atoms with Crippen molar-refractivity contribution < 1.29 is 18.3 Å². The van der Waals surface area contributed by atoms with Crippen LogP contribution >= 0.6 is 11.6 Å². The van der Waals surface area contributed by atoms with Crippen molar-refractivity contribution in [2.45, 2.75) is 38.2 Å². The number of likely N-dealkylation sites (tertiary alicyclic amines) is 1. The summed E-state index contributed by atoms with van der Waals surface area (Å²) in [7, 11) is 0. The van der Waals surface area contributed by atoms with E-state index in [1.54, 1.807) is 0 Å². The van der Waals surface area contributed by atoms with Crippen molar-refractivity contribution in [3.8, 4) is 0 Å². The minimum atomic E-state index is -4.47. The Balaban J connectivity index is 1.66. The summed E-state index contributed by atoms with van der Waals surface area (Å²) in [6.45, 7) is 2.86. The number of piperidine rings is 1. The van der Waals surface area contributed by atoms with E-state index in [1.165, 1.54) is 0 Å². The summed E-state index contributed by atoms with van der Waals surface area (Å²) in [5.74, 6) is 0.223. The standard InChI is InChI=1S/C19H21ClF3N3O/c20-17-9-15(19(21,22)23)11-25-18(17)24-10-13-3-1-2-4-14(13)12-26-7-5-16(27)6-8-26/h1-4,9,11,16,27H,5-8,10,12H2,(H,24,25). The van der Waals surface area contributed by atoms with Crippen LogP contribution in [0.1, 0.15) is 29.5 Å². The molecule has 1 fully saturated rings. The second-order valence-corrected chi connectivity index (χ2v) is 7.09. The quantitative estimate of drug-likeness (QED) is 0.786. The van der Waals surface area contributed by atoms with Crippen LogP contribution < -0.4 is 5.32 Å². The highest BCUT2D eigenvalue weighted by Crippen LogP contribution is 2.32. The lowest BCUT2D eigenvalue weighted by Gasteiger charge is -2.30. The second-order valence-electron chi connectivity index (χ2n) is 6.68. The number of hydrogen-bond donors (Lipinski definition) is 2. The summed E-state index contributed by atoms with van der Waals surface area (Å²) in [5, 5.41) is 12.6. The van der Waals surface area contributed by atoms with Crippen molar-refractivity contribution in [3.63, 3.8) is 0 Å². The Morgan fingerprint density at radius 1 is 1.19 bits per heavy atom. The van der Waals surface area contributed by atoms with Gasteiger partial charge in [0.15, 0.2) is 0 Å². The zero-order valence-electron chi connectivity index (χ0n) is 14.6. The minimum Gasteiger partial charge on any atom is -0.393 e. The van der Waals surface area contributed by atoms with Gasteiger partial charge >= 0.3 is 6.18 Å². The maximum absolute atomic E-state index is 12.7. The Morgan fingerprint density at radius 3 is 2.48 bits per heavy atom. The van der Waals surface area contributed by atoms with E-state index in [4.69, 9.17) is 11.6 Å². The van der Waals surface area contributed by atoms with Crippen LogP contribution in [0.5, 0.6) is 0 Å². The SMILES string of the molecule is OC1CCN(Cc2ccccc2CNc2ncc(C(F)(F)F)cc2Cl)CC1. The molecule has 1 aliphatic rings. The van der Waals surface area contributed by atoms with E-state index in [0.717, 1.165) is 55.9 Å². The number of nitrogens with one attached hydrogen (secondary N) is 1. The molecule has 8 heteroatoms. The van der Waals surface area contributed by atoms with Crippen molar-refractivity contribution in [3.05, 3.63) is 58.2 Å². The fourth-order valence-electron chi connectivity index (χ4n) is 3.10. The van der Waals surface area contributed by atoms with Crippen molar-refractivity contribution in [2.24, 2.45) is 0 Å². The van der Waals surface area contributed by atoms with Gasteiger partial charge in [0.2, 0.25) is 0 Å². The number of aromatic nitrogens is 1. The smallest absolute Gasteiger partial charge is 0.393 e.